The molecule has 2 atom stereocenters. The van der Waals surface area contributed by atoms with Crippen molar-refractivity contribution in [2.24, 2.45) is 5.84 Å². The molecule has 2 aliphatic rings. The molecule has 2 unspecified atom stereocenters. The summed E-state index contributed by atoms with van der Waals surface area (Å²) in [4.78, 5) is 18.7. The molecule has 3 N–H and O–H groups in total. The topological polar surface area (TPSA) is 80.5 Å². The number of hydrazine groups is 1. The Morgan fingerprint density at radius 1 is 1.45 bits per heavy atom. The van der Waals surface area contributed by atoms with E-state index in [2.05, 4.69) is 10.4 Å². The number of nitrogen functional groups attached to an aromatic ring is 1. The van der Waals surface area contributed by atoms with E-state index in [-0.39, 0.29) is 18.1 Å². The van der Waals surface area contributed by atoms with E-state index < -0.39 is 0 Å². The average molecular weight is 276 g/mol. The molecule has 0 spiro atoms. The van der Waals surface area contributed by atoms with Gasteiger partial charge in [-0.05, 0) is 18.9 Å². The lowest BCUT2D eigenvalue weighted by Gasteiger charge is -2.43. The van der Waals surface area contributed by atoms with Gasteiger partial charge in [0.1, 0.15) is 0 Å². The Balaban J connectivity index is 1.85. The fourth-order valence-electron chi connectivity index (χ4n) is 3.20. The first kappa shape index (κ1) is 13.3. The maximum Gasteiger partial charge on any atom is 0.256 e. The Bertz CT molecular complexity index is 492. The summed E-state index contributed by atoms with van der Waals surface area (Å²) < 4.78 is 5.81. The molecule has 1 saturated carbocycles. The smallest absolute Gasteiger partial charge is 0.256 e. The van der Waals surface area contributed by atoms with E-state index in [0.717, 1.165) is 19.3 Å². The number of nitrogens with one attached hydrogen (secondary N) is 1. The molecule has 1 amide bonds. The monoisotopic (exact) mass is 276 g/mol. The number of aromatic nitrogens is 1. The van der Waals surface area contributed by atoms with Crippen LogP contribution in [0.3, 0.4) is 0 Å². The third-order valence-electron chi connectivity index (χ3n) is 4.20. The van der Waals surface area contributed by atoms with Crippen LogP contribution in [0.2, 0.25) is 0 Å². The van der Waals surface area contributed by atoms with E-state index in [9.17, 15) is 4.79 Å². The van der Waals surface area contributed by atoms with Crippen LogP contribution in [0.1, 0.15) is 36.0 Å². The Kier molecular flexibility index (Phi) is 3.84. The molecule has 1 aliphatic carbocycles. The summed E-state index contributed by atoms with van der Waals surface area (Å²) in [6.45, 7) is 1.26. The molecule has 1 saturated heterocycles. The number of nitrogens with zero attached hydrogens (tertiary/aromatic N) is 2. The van der Waals surface area contributed by atoms with Crippen molar-refractivity contribution in [3.05, 3.63) is 24.0 Å². The van der Waals surface area contributed by atoms with E-state index in [1.807, 2.05) is 4.90 Å². The SMILES string of the molecule is NNc1cnccc1C(=O)N1CCOC2CCCCC21. The second-order valence-corrected chi connectivity index (χ2v) is 5.33. The quantitative estimate of drug-likeness (QED) is 0.625. The van der Waals surface area contributed by atoms with Gasteiger partial charge in [-0.1, -0.05) is 12.8 Å². The lowest BCUT2D eigenvalue weighted by Crippen LogP contribution is -2.54. The minimum atomic E-state index is 0.0144. The molecule has 108 valence electrons. The van der Waals surface area contributed by atoms with Gasteiger partial charge in [-0.25, -0.2) is 0 Å². The van der Waals surface area contributed by atoms with E-state index >= 15 is 0 Å². The lowest BCUT2D eigenvalue weighted by atomic mass is 9.89. The highest BCUT2D eigenvalue weighted by molar-refractivity contribution is 5.99. The number of rotatable bonds is 2. The second-order valence-electron chi connectivity index (χ2n) is 5.33. The maximum atomic E-state index is 12.8. The number of anilines is 1. The summed E-state index contributed by atoms with van der Waals surface area (Å²) in [5.74, 6) is 5.48. The highest BCUT2D eigenvalue weighted by atomic mass is 16.5. The van der Waals surface area contributed by atoms with Crippen LogP contribution in [-0.2, 0) is 4.74 Å². The van der Waals surface area contributed by atoms with E-state index in [1.54, 1.807) is 18.5 Å². The zero-order valence-corrected chi connectivity index (χ0v) is 11.4. The zero-order valence-electron chi connectivity index (χ0n) is 11.4. The van der Waals surface area contributed by atoms with Gasteiger partial charge in [-0.3, -0.25) is 15.6 Å². The molecule has 20 heavy (non-hydrogen) atoms. The number of carbonyl (C=O) groups excluding carboxylic acids is 1. The number of fused-ring (bicyclic) bond motifs is 1. The van der Waals surface area contributed by atoms with Crippen molar-refractivity contribution in [2.45, 2.75) is 37.8 Å². The van der Waals surface area contributed by atoms with Gasteiger partial charge in [0.25, 0.3) is 5.91 Å². The van der Waals surface area contributed by atoms with Crippen LogP contribution >= 0.6 is 0 Å². The Morgan fingerprint density at radius 2 is 2.30 bits per heavy atom. The summed E-state index contributed by atoms with van der Waals surface area (Å²) in [7, 11) is 0. The predicted molar refractivity (Wildman–Crippen MR) is 75.1 cm³/mol. The Morgan fingerprint density at radius 3 is 3.15 bits per heavy atom. The molecule has 1 aromatic rings. The summed E-state index contributed by atoms with van der Waals surface area (Å²) in [5.41, 5.74) is 3.69. The number of morpholine rings is 1. The number of amides is 1. The predicted octanol–water partition coefficient (Wildman–Crippen LogP) is 1.15. The van der Waals surface area contributed by atoms with Crippen molar-refractivity contribution in [1.29, 1.82) is 0 Å². The number of hydrogen-bond acceptors (Lipinski definition) is 5. The molecule has 1 aromatic heterocycles. The Labute approximate surface area is 118 Å². The van der Waals surface area contributed by atoms with Gasteiger partial charge in [0, 0.05) is 12.7 Å². The second kappa shape index (κ2) is 5.76. The molecule has 0 aromatic carbocycles. The van der Waals surface area contributed by atoms with E-state index in [0.29, 0.717) is 24.4 Å². The van der Waals surface area contributed by atoms with E-state index in [1.165, 1.54) is 6.42 Å². The van der Waals surface area contributed by atoms with Crippen molar-refractivity contribution >= 4 is 11.6 Å². The highest BCUT2D eigenvalue weighted by Crippen LogP contribution is 2.30. The van der Waals surface area contributed by atoms with Crippen LogP contribution in [0, 0.1) is 0 Å². The summed E-state index contributed by atoms with van der Waals surface area (Å²) >= 11 is 0. The standard InChI is InChI=1S/C14H20N4O2/c15-17-11-9-16-6-5-10(11)14(19)18-7-8-20-13-4-2-1-3-12(13)18/h5-6,9,12-13,17H,1-4,7-8,15H2. The van der Waals surface area contributed by atoms with E-state index in [4.69, 9.17) is 10.6 Å². The molecular weight excluding hydrogens is 256 g/mol. The van der Waals surface area contributed by atoms with Crippen LogP contribution in [0.25, 0.3) is 0 Å². The van der Waals surface area contributed by atoms with Crippen molar-refractivity contribution in [1.82, 2.24) is 9.88 Å². The third-order valence-corrected chi connectivity index (χ3v) is 4.20. The normalized spacial score (nSPS) is 25.9. The van der Waals surface area contributed by atoms with Crippen molar-refractivity contribution in [3.8, 4) is 0 Å². The van der Waals surface area contributed by atoms with Gasteiger partial charge >= 0.3 is 0 Å². The maximum absolute atomic E-state index is 12.8. The number of hydrogen-bond donors (Lipinski definition) is 2. The molecular formula is C14H20N4O2. The Hall–Kier alpha value is -1.66. The molecule has 1 aliphatic heterocycles. The first-order valence-corrected chi connectivity index (χ1v) is 7.14. The first-order chi connectivity index (χ1) is 9.81. The fourth-order valence-corrected chi connectivity index (χ4v) is 3.20. The van der Waals surface area contributed by atoms with Crippen LogP contribution < -0.4 is 11.3 Å². The molecule has 6 heteroatoms. The van der Waals surface area contributed by atoms with Gasteiger partial charge in [0.2, 0.25) is 0 Å². The van der Waals surface area contributed by atoms with Gasteiger partial charge in [0.15, 0.2) is 0 Å². The zero-order chi connectivity index (χ0) is 13.9. The van der Waals surface area contributed by atoms with Gasteiger partial charge < -0.3 is 15.1 Å². The van der Waals surface area contributed by atoms with Crippen LogP contribution in [0.5, 0.6) is 0 Å². The minimum absolute atomic E-state index is 0.0144. The number of carbonyl (C=O) groups is 1. The number of ether oxygens (including phenoxy) is 1. The molecule has 2 heterocycles. The number of nitrogens with two attached hydrogens (primary N) is 1. The molecule has 0 bridgehead atoms. The largest absolute Gasteiger partial charge is 0.374 e. The van der Waals surface area contributed by atoms with Crippen LogP contribution in [0.4, 0.5) is 5.69 Å². The fraction of sp³-hybridized carbons (Fsp3) is 0.571. The van der Waals surface area contributed by atoms with Gasteiger partial charge in [0.05, 0.1) is 36.2 Å². The van der Waals surface area contributed by atoms with Crippen molar-refractivity contribution < 1.29 is 9.53 Å². The van der Waals surface area contributed by atoms with Crippen LogP contribution in [0.15, 0.2) is 18.5 Å². The van der Waals surface area contributed by atoms with Crippen LogP contribution in [-0.4, -0.2) is 41.1 Å². The van der Waals surface area contributed by atoms with Crippen molar-refractivity contribution in [3.63, 3.8) is 0 Å². The molecule has 3 rings (SSSR count). The van der Waals surface area contributed by atoms with Gasteiger partial charge in [-0.15, -0.1) is 0 Å². The summed E-state index contributed by atoms with van der Waals surface area (Å²) in [6, 6.07) is 1.91. The van der Waals surface area contributed by atoms with Gasteiger partial charge in [-0.2, -0.15) is 0 Å². The summed E-state index contributed by atoms with van der Waals surface area (Å²) in [6.07, 6.45) is 7.80. The highest BCUT2D eigenvalue weighted by Gasteiger charge is 2.37. The minimum Gasteiger partial charge on any atom is -0.374 e. The lowest BCUT2D eigenvalue weighted by molar-refractivity contribution is -0.0752. The number of pyridine rings is 1. The van der Waals surface area contributed by atoms with Crippen molar-refractivity contribution in [2.75, 3.05) is 18.6 Å². The average Bonchev–Trinajstić information content (AvgIpc) is 2.53. The molecule has 0 radical (unpaired) electrons. The first-order valence-electron chi connectivity index (χ1n) is 7.14. The third kappa shape index (κ3) is 2.36. The molecule has 2 fully saturated rings. The molecule has 6 nitrogen and oxygen atoms in total. The summed E-state index contributed by atoms with van der Waals surface area (Å²) in [5, 5.41) is 0.